The van der Waals surface area contributed by atoms with Gasteiger partial charge in [-0.3, -0.25) is 4.79 Å². The number of halogens is 2. The lowest BCUT2D eigenvalue weighted by Crippen LogP contribution is -2.14. The van der Waals surface area contributed by atoms with Crippen LogP contribution in [0.1, 0.15) is 25.6 Å². The van der Waals surface area contributed by atoms with Crippen LogP contribution in [0.4, 0.5) is 8.78 Å². The number of thioether (sulfide) groups is 1. The van der Waals surface area contributed by atoms with E-state index in [9.17, 15) is 13.6 Å². The van der Waals surface area contributed by atoms with Gasteiger partial charge in [0.2, 0.25) is 0 Å². The van der Waals surface area contributed by atoms with Gasteiger partial charge in [-0.15, -0.1) is 10.2 Å². The second kappa shape index (κ2) is 8.15. The fourth-order valence-corrected chi connectivity index (χ4v) is 2.19. The van der Waals surface area contributed by atoms with Crippen LogP contribution in [0.5, 0.6) is 0 Å². The van der Waals surface area contributed by atoms with Crippen LogP contribution in [0.15, 0.2) is 5.16 Å². The van der Waals surface area contributed by atoms with Crippen molar-refractivity contribution < 1.29 is 23.4 Å². The van der Waals surface area contributed by atoms with Crippen LogP contribution in [0.3, 0.4) is 0 Å². The van der Waals surface area contributed by atoms with Gasteiger partial charge in [0, 0.05) is 12.5 Å². The summed E-state index contributed by atoms with van der Waals surface area (Å²) >= 11 is 1.04. The first-order valence-electron chi connectivity index (χ1n) is 6.05. The Balaban J connectivity index is 2.67. The summed E-state index contributed by atoms with van der Waals surface area (Å²) in [5.74, 6) is -0.311. The largest absolute Gasteiger partial charge is 0.481 e. The van der Waals surface area contributed by atoms with E-state index < -0.39 is 19.0 Å². The Morgan fingerprint density at radius 3 is 2.70 bits per heavy atom. The molecule has 1 heterocycles. The van der Waals surface area contributed by atoms with E-state index in [1.165, 1.54) is 0 Å². The highest BCUT2D eigenvalue weighted by Gasteiger charge is 2.16. The van der Waals surface area contributed by atoms with E-state index in [2.05, 4.69) is 10.2 Å². The maximum absolute atomic E-state index is 12.0. The Bertz CT molecular complexity index is 441. The van der Waals surface area contributed by atoms with E-state index in [0.717, 1.165) is 11.8 Å². The van der Waals surface area contributed by atoms with E-state index in [0.29, 0.717) is 17.5 Å². The number of hydrogen-bond donors (Lipinski definition) is 1. The van der Waals surface area contributed by atoms with Crippen molar-refractivity contribution in [1.29, 1.82) is 0 Å². The molecule has 0 saturated carbocycles. The van der Waals surface area contributed by atoms with Crippen LogP contribution in [0.2, 0.25) is 0 Å². The van der Waals surface area contributed by atoms with Crippen LogP contribution < -0.4 is 0 Å². The predicted octanol–water partition coefficient (Wildman–Crippen LogP) is 1.86. The van der Waals surface area contributed by atoms with Crippen LogP contribution in [-0.4, -0.2) is 51.2 Å². The molecule has 0 aromatic carbocycles. The molecule has 0 radical (unpaired) electrons. The minimum atomic E-state index is -2.50. The van der Waals surface area contributed by atoms with Gasteiger partial charge in [-0.25, -0.2) is 8.78 Å². The van der Waals surface area contributed by atoms with Crippen molar-refractivity contribution in [1.82, 2.24) is 14.8 Å². The summed E-state index contributed by atoms with van der Waals surface area (Å²) in [7, 11) is 0. The number of nitrogens with zero attached hydrogens (tertiary/aromatic N) is 3. The van der Waals surface area contributed by atoms with Crippen molar-refractivity contribution in [3.63, 3.8) is 0 Å². The number of aliphatic carboxylic acids is 1. The van der Waals surface area contributed by atoms with Crippen LogP contribution in [0.25, 0.3) is 0 Å². The normalized spacial score (nSPS) is 11.5. The summed E-state index contributed by atoms with van der Waals surface area (Å²) in [6.45, 7) is 3.65. The monoisotopic (exact) mass is 309 g/mol. The van der Waals surface area contributed by atoms with Crippen molar-refractivity contribution in [2.24, 2.45) is 0 Å². The van der Waals surface area contributed by atoms with Gasteiger partial charge in [0.1, 0.15) is 12.4 Å². The lowest BCUT2D eigenvalue weighted by molar-refractivity contribution is -0.133. The van der Waals surface area contributed by atoms with Gasteiger partial charge in [-0.2, -0.15) is 0 Å². The molecule has 1 aromatic heterocycles. The van der Waals surface area contributed by atoms with Crippen molar-refractivity contribution in [3.05, 3.63) is 5.82 Å². The minimum Gasteiger partial charge on any atom is -0.481 e. The molecule has 20 heavy (non-hydrogen) atoms. The summed E-state index contributed by atoms with van der Waals surface area (Å²) in [5, 5.41) is 17.1. The molecule has 0 aliphatic heterocycles. The van der Waals surface area contributed by atoms with Crippen molar-refractivity contribution in [2.45, 2.75) is 37.9 Å². The lowest BCUT2D eigenvalue weighted by Gasteiger charge is -2.11. The molecular weight excluding hydrogens is 292 g/mol. The number of carboxylic acids is 1. The molecule has 114 valence electrons. The molecule has 0 saturated heterocycles. The number of carboxylic acid groups (broad SMARTS) is 1. The first-order chi connectivity index (χ1) is 9.41. The molecular formula is C11H17F2N3O3S. The number of rotatable bonds is 9. The summed E-state index contributed by atoms with van der Waals surface area (Å²) in [6.07, 6.45) is -2.50. The van der Waals surface area contributed by atoms with Gasteiger partial charge < -0.3 is 14.4 Å². The Hall–Kier alpha value is -1.22. The highest BCUT2D eigenvalue weighted by atomic mass is 32.2. The average molecular weight is 309 g/mol. The first-order valence-corrected chi connectivity index (χ1v) is 7.04. The van der Waals surface area contributed by atoms with Gasteiger partial charge in [0.25, 0.3) is 6.43 Å². The molecule has 0 fully saturated rings. The molecule has 0 aliphatic rings. The molecule has 0 unspecified atom stereocenters. The number of alkyl halides is 2. The van der Waals surface area contributed by atoms with Crippen molar-refractivity contribution >= 4 is 17.7 Å². The minimum absolute atomic E-state index is 0.0942. The van der Waals surface area contributed by atoms with E-state index in [1.807, 2.05) is 13.8 Å². The van der Waals surface area contributed by atoms with E-state index >= 15 is 0 Å². The van der Waals surface area contributed by atoms with Gasteiger partial charge in [-0.05, 0) is 0 Å². The van der Waals surface area contributed by atoms with Gasteiger partial charge in [0.15, 0.2) is 5.16 Å². The standard InChI is InChI=1S/C11H17F2N3O3S/c1-7(2)10-14-15-11(20-6-9(17)18)16(10)3-4-19-5-8(12)13/h7-8H,3-6H2,1-2H3,(H,17,18). The molecule has 0 bridgehead atoms. The third-order valence-electron chi connectivity index (χ3n) is 2.29. The molecule has 0 spiro atoms. The maximum atomic E-state index is 12.0. The average Bonchev–Trinajstić information content (AvgIpc) is 2.75. The zero-order chi connectivity index (χ0) is 15.1. The van der Waals surface area contributed by atoms with Crippen molar-refractivity contribution in [2.75, 3.05) is 19.0 Å². The molecule has 6 nitrogen and oxygen atoms in total. The van der Waals surface area contributed by atoms with E-state index in [-0.39, 0.29) is 18.3 Å². The maximum Gasteiger partial charge on any atom is 0.313 e. The number of hydrogen-bond acceptors (Lipinski definition) is 5. The number of carbonyl (C=O) groups is 1. The highest BCUT2D eigenvalue weighted by molar-refractivity contribution is 7.99. The summed E-state index contributed by atoms with van der Waals surface area (Å²) in [5.41, 5.74) is 0. The predicted molar refractivity (Wildman–Crippen MR) is 69.3 cm³/mol. The van der Waals surface area contributed by atoms with E-state index in [4.69, 9.17) is 9.84 Å². The third-order valence-corrected chi connectivity index (χ3v) is 3.24. The lowest BCUT2D eigenvalue weighted by atomic mass is 10.2. The first kappa shape index (κ1) is 16.8. The zero-order valence-electron chi connectivity index (χ0n) is 11.3. The molecule has 1 rings (SSSR count). The zero-order valence-corrected chi connectivity index (χ0v) is 12.1. The number of aromatic nitrogens is 3. The quantitative estimate of drug-likeness (QED) is 0.554. The fraction of sp³-hybridized carbons (Fsp3) is 0.727. The van der Waals surface area contributed by atoms with Crippen LogP contribution in [0, 0.1) is 0 Å². The summed E-state index contributed by atoms with van der Waals surface area (Å²) in [6, 6.07) is 0. The molecule has 0 atom stereocenters. The van der Waals surface area contributed by atoms with Gasteiger partial charge in [-0.1, -0.05) is 25.6 Å². The number of ether oxygens (including phenoxy) is 1. The Morgan fingerprint density at radius 2 is 2.15 bits per heavy atom. The summed E-state index contributed by atoms with van der Waals surface area (Å²) in [4.78, 5) is 10.6. The fourth-order valence-electron chi connectivity index (χ4n) is 1.50. The molecule has 0 amide bonds. The Kier molecular flexibility index (Phi) is 6.86. The van der Waals surface area contributed by atoms with Gasteiger partial charge >= 0.3 is 5.97 Å². The third kappa shape index (κ3) is 5.41. The molecule has 1 N–H and O–H groups in total. The van der Waals surface area contributed by atoms with Gasteiger partial charge in [0.05, 0.1) is 12.4 Å². The topological polar surface area (TPSA) is 77.2 Å². The molecule has 9 heteroatoms. The van der Waals surface area contributed by atoms with Crippen molar-refractivity contribution in [3.8, 4) is 0 Å². The molecule has 0 aliphatic carbocycles. The van der Waals surface area contributed by atoms with E-state index in [1.54, 1.807) is 4.57 Å². The smallest absolute Gasteiger partial charge is 0.313 e. The Labute approximate surface area is 119 Å². The Morgan fingerprint density at radius 1 is 1.45 bits per heavy atom. The SMILES string of the molecule is CC(C)c1nnc(SCC(=O)O)n1CCOCC(F)F. The summed E-state index contributed by atoms with van der Waals surface area (Å²) < 4.78 is 30.5. The van der Waals surface area contributed by atoms with Crippen LogP contribution in [-0.2, 0) is 16.1 Å². The van der Waals surface area contributed by atoms with Crippen LogP contribution >= 0.6 is 11.8 Å². The second-order valence-corrected chi connectivity index (χ2v) is 5.24. The second-order valence-electron chi connectivity index (χ2n) is 4.30. The highest BCUT2D eigenvalue weighted by Crippen LogP contribution is 2.21. The molecule has 1 aromatic rings.